The molecule has 0 spiro atoms. The number of carbonyl (C=O) groups is 1. The molecule has 1 amide bonds. The Balaban J connectivity index is 1.36. The minimum atomic E-state index is -0.105. The summed E-state index contributed by atoms with van der Waals surface area (Å²) in [5, 5.41) is 5.73. The van der Waals surface area contributed by atoms with Gasteiger partial charge < -0.3 is 5.32 Å². The molecular formula is C21H24N4O2S. The molecule has 1 atom stereocenters. The summed E-state index contributed by atoms with van der Waals surface area (Å²) in [5.41, 5.74) is 0.574. The van der Waals surface area contributed by atoms with Crippen LogP contribution in [0.4, 0.5) is 0 Å². The van der Waals surface area contributed by atoms with Gasteiger partial charge in [0.25, 0.3) is 5.56 Å². The molecule has 6 nitrogen and oxygen atoms in total. The average Bonchev–Trinajstić information content (AvgIpc) is 3.43. The first-order chi connectivity index (χ1) is 13.7. The average molecular weight is 397 g/mol. The number of aromatic nitrogens is 2. The quantitative estimate of drug-likeness (QED) is 0.667. The van der Waals surface area contributed by atoms with E-state index in [1.54, 1.807) is 17.4 Å². The molecule has 0 bridgehead atoms. The zero-order chi connectivity index (χ0) is 19.3. The van der Waals surface area contributed by atoms with Crippen LogP contribution in [0.3, 0.4) is 0 Å². The number of rotatable bonds is 7. The van der Waals surface area contributed by atoms with Gasteiger partial charge in [0.2, 0.25) is 5.91 Å². The highest BCUT2D eigenvalue weighted by atomic mass is 32.1. The highest BCUT2D eigenvalue weighted by Crippen LogP contribution is 2.27. The van der Waals surface area contributed by atoms with E-state index in [4.69, 9.17) is 0 Å². The zero-order valence-electron chi connectivity index (χ0n) is 15.7. The van der Waals surface area contributed by atoms with Crippen LogP contribution in [0, 0.1) is 0 Å². The van der Waals surface area contributed by atoms with E-state index >= 15 is 0 Å². The molecule has 3 aromatic rings. The van der Waals surface area contributed by atoms with E-state index in [-0.39, 0.29) is 23.9 Å². The number of thiophene rings is 1. The van der Waals surface area contributed by atoms with Gasteiger partial charge in [-0.2, -0.15) is 0 Å². The summed E-state index contributed by atoms with van der Waals surface area (Å²) in [7, 11) is 0. The first-order valence-electron chi connectivity index (χ1n) is 9.71. The van der Waals surface area contributed by atoms with Gasteiger partial charge >= 0.3 is 0 Å². The molecule has 2 aromatic heterocycles. The van der Waals surface area contributed by atoms with Crippen LogP contribution in [-0.4, -0.2) is 40.0 Å². The van der Waals surface area contributed by atoms with Gasteiger partial charge in [0.15, 0.2) is 0 Å². The lowest BCUT2D eigenvalue weighted by molar-refractivity contribution is -0.121. The fourth-order valence-electron chi connectivity index (χ4n) is 3.73. The third-order valence-electron chi connectivity index (χ3n) is 5.26. The van der Waals surface area contributed by atoms with Gasteiger partial charge in [0, 0.05) is 24.4 Å². The lowest BCUT2D eigenvalue weighted by atomic mass is 10.2. The minimum absolute atomic E-state index is 0.0409. The number of amides is 1. The molecule has 1 saturated heterocycles. The number of aryl methyl sites for hydroxylation is 1. The summed E-state index contributed by atoms with van der Waals surface area (Å²) in [4.78, 5) is 33.0. The van der Waals surface area contributed by atoms with Crippen molar-refractivity contribution in [3.8, 4) is 0 Å². The second kappa shape index (κ2) is 8.67. The SMILES string of the molecule is O=C(CCn1cnc2ccccc2c1=O)NCC(c1cccs1)N1CCCC1. The monoisotopic (exact) mass is 396 g/mol. The number of likely N-dealkylation sites (tertiary alicyclic amines) is 1. The number of carbonyl (C=O) groups excluding carboxylic acids is 1. The molecule has 0 aliphatic carbocycles. The summed E-state index contributed by atoms with van der Waals surface area (Å²) >= 11 is 1.74. The van der Waals surface area contributed by atoms with Crippen molar-refractivity contribution in [3.63, 3.8) is 0 Å². The largest absolute Gasteiger partial charge is 0.354 e. The highest BCUT2D eigenvalue weighted by Gasteiger charge is 2.24. The van der Waals surface area contributed by atoms with Crippen molar-refractivity contribution in [1.29, 1.82) is 0 Å². The van der Waals surface area contributed by atoms with Crippen molar-refractivity contribution >= 4 is 28.1 Å². The molecule has 0 radical (unpaired) electrons. The van der Waals surface area contributed by atoms with Gasteiger partial charge in [-0.05, 0) is 49.5 Å². The maximum absolute atomic E-state index is 12.5. The third kappa shape index (κ3) is 4.15. The molecule has 1 unspecified atom stereocenters. The van der Waals surface area contributed by atoms with E-state index in [1.165, 1.54) is 28.6 Å². The Kier molecular flexibility index (Phi) is 5.83. The van der Waals surface area contributed by atoms with E-state index < -0.39 is 0 Å². The number of benzene rings is 1. The Morgan fingerprint density at radius 2 is 2.00 bits per heavy atom. The molecule has 7 heteroatoms. The topological polar surface area (TPSA) is 67.2 Å². The van der Waals surface area contributed by atoms with Gasteiger partial charge in [-0.25, -0.2) is 4.98 Å². The predicted octanol–water partition coefficient (Wildman–Crippen LogP) is 2.80. The molecule has 146 valence electrons. The smallest absolute Gasteiger partial charge is 0.261 e. The van der Waals surface area contributed by atoms with Gasteiger partial charge in [-0.15, -0.1) is 11.3 Å². The fourth-order valence-corrected chi connectivity index (χ4v) is 4.59. The lowest BCUT2D eigenvalue weighted by Crippen LogP contribution is -2.37. The molecule has 1 aliphatic rings. The normalized spacial score (nSPS) is 15.7. The van der Waals surface area contributed by atoms with Crippen LogP contribution < -0.4 is 10.9 Å². The van der Waals surface area contributed by atoms with Crippen LogP contribution in [-0.2, 0) is 11.3 Å². The van der Waals surface area contributed by atoms with Gasteiger partial charge in [0.05, 0.1) is 23.3 Å². The summed E-state index contributed by atoms with van der Waals surface area (Å²) in [6.45, 7) is 3.09. The summed E-state index contributed by atoms with van der Waals surface area (Å²) in [6.07, 6.45) is 4.22. The number of hydrogen-bond donors (Lipinski definition) is 1. The van der Waals surface area contributed by atoms with Crippen LogP contribution >= 0.6 is 11.3 Å². The summed E-state index contributed by atoms with van der Waals surface area (Å²) < 4.78 is 1.51. The Bertz CT molecular complexity index is 993. The first kappa shape index (κ1) is 18.8. The molecule has 4 rings (SSSR count). The van der Waals surface area contributed by atoms with Gasteiger partial charge in [-0.1, -0.05) is 18.2 Å². The Hall–Kier alpha value is -2.51. The van der Waals surface area contributed by atoms with E-state index in [9.17, 15) is 9.59 Å². The highest BCUT2D eigenvalue weighted by molar-refractivity contribution is 7.10. The van der Waals surface area contributed by atoms with Crippen LogP contribution in [0.15, 0.2) is 52.9 Å². The number of nitrogens with one attached hydrogen (secondary N) is 1. The predicted molar refractivity (Wildman–Crippen MR) is 111 cm³/mol. The first-order valence-corrected chi connectivity index (χ1v) is 10.6. The van der Waals surface area contributed by atoms with E-state index in [0.29, 0.717) is 24.0 Å². The van der Waals surface area contributed by atoms with Crippen molar-refractivity contribution in [2.24, 2.45) is 0 Å². The van der Waals surface area contributed by atoms with Crippen molar-refractivity contribution in [1.82, 2.24) is 19.8 Å². The molecule has 1 fully saturated rings. The van der Waals surface area contributed by atoms with E-state index in [1.807, 2.05) is 18.2 Å². The second-order valence-electron chi connectivity index (χ2n) is 7.09. The Morgan fingerprint density at radius 3 is 2.79 bits per heavy atom. The molecule has 1 N–H and O–H groups in total. The van der Waals surface area contributed by atoms with Crippen LogP contribution in [0.5, 0.6) is 0 Å². The van der Waals surface area contributed by atoms with E-state index in [2.05, 4.69) is 32.7 Å². The third-order valence-corrected chi connectivity index (χ3v) is 6.23. The number of fused-ring (bicyclic) bond motifs is 1. The van der Waals surface area contributed by atoms with Crippen molar-refractivity contribution < 1.29 is 4.79 Å². The van der Waals surface area contributed by atoms with E-state index in [0.717, 1.165) is 13.1 Å². The van der Waals surface area contributed by atoms with Gasteiger partial charge in [0.1, 0.15) is 0 Å². The number of nitrogens with zero attached hydrogens (tertiary/aromatic N) is 3. The molecule has 1 aromatic carbocycles. The van der Waals surface area contributed by atoms with Gasteiger partial charge in [-0.3, -0.25) is 19.1 Å². The molecule has 3 heterocycles. The van der Waals surface area contributed by atoms with Crippen molar-refractivity contribution in [2.75, 3.05) is 19.6 Å². The van der Waals surface area contributed by atoms with Crippen LogP contribution in [0.2, 0.25) is 0 Å². The summed E-state index contributed by atoms with van der Waals surface area (Å²) in [6, 6.07) is 11.7. The fraction of sp³-hybridized carbons (Fsp3) is 0.381. The second-order valence-corrected chi connectivity index (χ2v) is 8.07. The standard InChI is InChI=1S/C21H24N4O2S/c26-20(9-12-25-15-23-17-7-2-1-6-16(17)21(25)27)22-14-18(19-8-5-13-28-19)24-10-3-4-11-24/h1-2,5-8,13,15,18H,3-4,9-12,14H2,(H,22,26). The maximum atomic E-state index is 12.5. The Morgan fingerprint density at radius 1 is 1.18 bits per heavy atom. The minimum Gasteiger partial charge on any atom is -0.354 e. The van der Waals surface area contributed by atoms with Crippen LogP contribution in [0.25, 0.3) is 10.9 Å². The zero-order valence-corrected chi connectivity index (χ0v) is 16.5. The molecular weight excluding hydrogens is 372 g/mol. The van der Waals surface area contributed by atoms with Crippen molar-refractivity contribution in [2.45, 2.75) is 31.8 Å². The number of para-hydroxylation sites is 1. The summed E-state index contributed by atoms with van der Waals surface area (Å²) in [5.74, 6) is -0.0409. The van der Waals surface area contributed by atoms with Crippen molar-refractivity contribution in [3.05, 3.63) is 63.3 Å². The number of hydrogen-bond acceptors (Lipinski definition) is 5. The molecule has 1 aliphatic heterocycles. The Labute approximate surface area is 167 Å². The van der Waals surface area contributed by atoms with Crippen LogP contribution in [0.1, 0.15) is 30.2 Å². The molecule has 28 heavy (non-hydrogen) atoms. The lowest BCUT2D eigenvalue weighted by Gasteiger charge is -2.27. The maximum Gasteiger partial charge on any atom is 0.261 e. The molecule has 0 saturated carbocycles.